The highest BCUT2D eigenvalue weighted by Crippen LogP contribution is 2.32. The van der Waals surface area contributed by atoms with Crippen LogP contribution in [0.25, 0.3) is 0 Å². The van der Waals surface area contributed by atoms with E-state index in [9.17, 15) is 4.39 Å². The quantitative estimate of drug-likeness (QED) is 0.917. The van der Waals surface area contributed by atoms with Gasteiger partial charge in [0.2, 0.25) is 0 Å². The Balaban J connectivity index is 2.19. The van der Waals surface area contributed by atoms with Crippen LogP contribution in [0.4, 0.5) is 4.39 Å². The van der Waals surface area contributed by atoms with E-state index in [0.29, 0.717) is 16.0 Å². The minimum Gasteiger partial charge on any atom is -0.497 e. The molecule has 0 fully saturated rings. The molecule has 0 aliphatic carbocycles. The summed E-state index contributed by atoms with van der Waals surface area (Å²) in [5.74, 6) is 0.880. The van der Waals surface area contributed by atoms with Crippen molar-refractivity contribution in [1.82, 2.24) is 5.32 Å². The van der Waals surface area contributed by atoms with Crippen LogP contribution >= 0.6 is 15.9 Å². The maximum absolute atomic E-state index is 13.8. The minimum absolute atomic E-state index is 0.279. The monoisotopic (exact) mass is 338 g/mol. The van der Waals surface area contributed by atoms with Crippen molar-refractivity contribution in [1.29, 1.82) is 5.26 Å². The summed E-state index contributed by atoms with van der Waals surface area (Å²) < 4.78 is 25.2. The number of benzene rings is 1. The van der Waals surface area contributed by atoms with Gasteiger partial charge in [-0.2, -0.15) is 5.26 Å². The maximum atomic E-state index is 13.8. The molecule has 1 aliphatic rings. The van der Waals surface area contributed by atoms with E-state index in [1.54, 1.807) is 25.3 Å². The van der Waals surface area contributed by atoms with Crippen LogP contribution < -0.4 is 14.8 Å². The summed E-state index contributed by atoms with van der Waals surface area (Å²) in [5.41, 5.74) is -1.34. The number of ether oxygens (including phenoxy) is 2. The second-order valence-electron chi connectivity index (χ2n) is 4.32. The van der Waals surface area contributed by atoms with Gasteiger partial charge in [0.1, 0.15) is 23.1 Å². The molecule has 1 aliphatic heterocycles. The molecule has 0 saturated carbocycles. The third-order valence-corrected chi connectivity index (χ3v) is 3.46. The number of hydrogen-bond acceptors (Lipinski definition) is 4. The Morgan fingerprint density at radius 2 is 2.20 bits per heavy atom. The number of allylic oxidation sites excluding steroid dienone is 1. The van der Waals surface area contributed by atoms with Crippen molar-refractivity contribution in [2.45, 2.75) is 12.5 Å². The summed E-state index contributed by atoms with van der Waals surface area (Å²) >= 11 is 3.35. The summed E-state index contributed by atoms with van der Waals surface area (Å²) in [6.07, 6.45) is 2.65. The highest BCUT2D eigenvalue weighted by atomic mass is 79.9. The number of nitrogens with one attached hydrogen (secondary N) is 1. The van der Waals surface area contributed by atoms with Crippen molar-refractivity contribution < 1.29 is 13.9 Å². The molecule has 1 aromatic rings. The van der Waals surface area contributed by atoms with E-state index < -0.39 is 11.4 Å². The molecule has 0 spiro atoms. The van der Waals surface area contributed by atoms with Gasteiger partial charge in [0.25, 0.3) is 0 Å². The van der Waals surface area contributed by atoms with E-state index in [2.05, 4.69) is 21.2 Å². The molecule has 0 radical (unpaired) electrons. The molecule has 1 N–H and O–H groups in total. The summed E-state index contributed by atoms with van der Waals surface area (Å²) in [6, 6.07) is 7.04. The second kappa shape index (κ2) is 5.55. The smallest absolute Gasteiger partial charge is 0.174 e. The summed E-state index contributed by atoms with van der Waals surface area (Å²) in [5, 5.41) is 11.6. The molecular weight excluding hydrogens is 327 g/mol. The second-order valence-corrected chi connectivity index (χ2v) is 5.17. The lowest BCUT2D eigenvalue weighted by molar-refractivity contribution is 0.387. The average molecular weight is 339 g/mol. The SMILES string of the molecule is COc1ccc(OC2=CNC(C)(C#N)C(F)=C2)c(Br)c1. The van der Waals surface area contributed by atoms with E-state index in [-0.39, 0.29) is 5.76 Å². The van der Waals surface area contributed by atoms with Crippen molar-refractivity contribution in [2.75, 3.05) is 7.11 Å². The van der Waals surface area contributed by atoms with Gasteiger partial charge in [-0.25, -0.2) is 4.39 Å². The zero-order valence-electron chi connectivity index (χ0n) is 10.9. The van der Waals surface area contributed by atoms with Crippen LogP contribution in [0.15, 0.2) is 46.5 Å². The van der Waals surface area contributed by atoms with Crippen LogP contribution in [-0.4, -0.2) is 12.6 Å². The third-order valence-electron chi connectivity index (χ3n) is 2.84. The molecule has 20 heavy (non-hydrogen) atoms. The fourth-order valence-electron chi connectivity index (χ4n) is 1.56. The van der Waals surface area contributed by atoms with Crippen molar-refractivity contribution >= 4 is 15.9 Å². The molecule has 1 aromatic carbocycles. The van der Waals surface area contributed by atoms with E-state index in [0.717, 1.165) is 0 Å². The molecule has 104 valence electrons. The molecule has 0 amide bonds. The lowest BCUT2D eigenvalue weighted by Crippen LogP contribution is -2.40. The number of halogens is 2. The fraction of sp³-hybridized carbons (Fsp3) is 0.214. The largest absolute Gasteiger partial charge is 0.497 e. The predicted molar refractivity (Wildman–Crippen MR) is 75.7 cm³/mol. The highest BCUT2D eigenvalue weighted by Gasteiger charge is 2.31. The van der Waals surface area contributed by atoms with Gasteiger partial charge in [0.05, 0.1) is 17.7 Å². The molecule has 0 bridgehead atoms. The topological polar surface area (TPSA) is 54.3 Å². The molecule has 4 nitrogen and oxygen atoms in total. The van der Waals surface area contributed by atoms with E-state index in [1.165, 1.54) is 19.2 Å². The van der Waals surface area contributed by atoms with Crippen molar-refractivity contribution in [2.24, 2.45) is 0 Å². The zero-order valence-corrected chi connectivity index (χ0v) is 12.5. The molecule has 0 saturated heterocycles. The van der Waals surface area contributed by atoms with Gasteiger partial charge in [0.15, 0.2) is 5.54 Å². The molecule has 1 unspecified atom stereocenters. The molecule has 2 rings (SSSR count). The number of methoxy groups -OCH3 is 1. The third kappa shape index (κ3) is 2.78. The molecule has 1 heterocycles. The zero-order chi connectivity index (χ0) is 14.8. The Kier molecular flexibility index (Phi) is 4.00. The van der Waals surface area contributed by atoms with Crippen LogP contribution in [0.5, 0.6) is 11.5 Å². The van der Waals surface area contributed by atoms with Crippen LogP contribution in [0.2, 0.25) is 0 Å². The average Bonchev–Trinajstić information content (AvgIpc) is 2.45. The van der Waals surface area contributed by atoms with Gasteiger partial charge in [0, 0.05) is 12.3 Å². The molecule has 6 heteroatoms. The first-order chi connectivity index (χ1) is 9.48. The Labute approximate surface area is 124 Å². The van der Waals surface area contributed by atoms with Gasteiger partial charge >= 0.3 is 0 Å². The van der Waals surface area contributed by atoms with Crippen molar-refractivity contribution in [3.05, 3.63) is 46.5 Å². The Morgan fingerprint density at radius 3 is 2.75 bits per heavy atom. The van der Waals surface area contributed by atoms with Crippen LogP contribution in [0, 0.1) is 11.3 Å². The first-order valence-electron chi connectivity index (χ1n) is 5.76. The predicted octanol–water partition coefficient (Wildman–Crippen LogP) is 3.42. The lowest BCUT2D eigenvalue weighted by Gasteiger charge is -2.24. The normalized spacial score (nSPS) is 21.1. The lowest BCUT2D eigenvalue weighted by atomic mass is 10.0. The number of nitrogens with zero attached hydrogens (tertiary/aromatic N) is 1. The van der Waals surface area contributed by atoms with Gasteiger partial charge in [-0.15, -0.1) is 0 Å². The van der Waals surface area contributed by atoms with E-state index in [4.69, 9.17) is 14.7 Å². The number of nitriles is 1. The first kappa shape index (κ1) is 14.4. The van der Waals surface area contributed by atoms with Gasteiger partial charge in [-0.05, 0) is 41.1 Å². The maximum Gasteiger partial charge on any atom is 0.174 e. The standard InChI is InChI=1S/C14H12BrFN2O2/c1-14(8-17)13(16)6-10(7-18-14)20-12-4-3-9(19-2)5-11(12)15/h3-7,18H,1-2H3. The molecular formula is C14H12BrFN2O2. The summed E-state index contributed by atoms with van der Waals surface area (Å²) in [6.45, 7) is 1.45. The van der Waals surface area contributed by atoms with E-state index in [1.807, 2.05) is 6.07 Å². The summed E-state index contributed by atoms with van der Waals surface area (Å²) in [7, 11) is 1.57. The number of rotatable bonds is 3. The van der Waals surface area contributed by atoms with Crippen LogP contribution in [0.1, 0.15) is 6.92 Å². The molecule has 0 aromatic heterocycles. The van der Waals surface area contributed by atoms with E-state index >= 15 is 0 Å². The van der Waals surface area contributed by atoms with Crippen molar-refractivity contribution in [3.63, 3.8) is 0 Å². The number of hydrogen-bond donors (Lipinski definition) is 1. The van der Waals surface area contributed by atoms with Gasteiger partial charge in [-0.3, -0.25) is 0 Å². The first-order valence-corrected chi connectivity index (χ1v) is 6.56. The van der Waals surface area contributed by atoms with Crippen molar-refractivity contribution in [3.8, 4) is 17.6 Å². The van der Waals surface area contributed by atoms with Crippen LogP contribution in [-0.2, 0) is 0 Å². The Bertz CT molecular complexity index is 637. The molecule has 1 atom stereocenters. The Hall–Kier alpha value is -2.00. The van der Waals surface area contributed by atoms with Gasteiger partial charge < -0.3 is 14.8 Å². The van der Waals surface area contributed by atoms with Gasteiger partial charge in [-0.1, -0.05) is 0 Å². The fourth-order valence-corrected chi connectivity index (χ4v) is 2.00. The highest BCUT2D eigenvalue weighted by molar-refractivity contribution is 9.10. The van der Waals surface area contributed by atoms with Crippen LogP contribution in [0.3, 0.4) is 0 Å². The minimum atomic E-state index is -1.34. The summed E-state index contributed by atoms with van der Waals surface area (Å²) in [4.78, 5) is 0. The Morgan fingerprint density at radius 1 is 1.45 bits per heavy atom. The number of dihydropyridines is 1.